The van der Waals surface area contributed by atoms with E-state index in [0.717, 1.165) is 6.42 Å². The molecule has 1 aromatic rings. The number of rotatable bonds is 10. The fraction of sp³-hybridized carbons (Fsp3) is 0.611. The van der Waals surface area contributed by atoms with Gasteiger partial charge in [0.2, 0.25) is 0 Å². The van der Waals surface area contributed by atoms with Gasteiger partial charge in [0.15, 0.2) is 0 Å². The van der Waals surface area contributed by atoms with E-state index in [2.05, 4.69) is 48.9 Å². The third-order valence-corrected chi connectivity index (χ3v) is 3.64. The van der Waals surface area contributed by atoms with Crippen molar-refractivity contribution in [3.05, 3.63) is 35.9 Å². The summed E-state index contributed by atoms with van der Waals surface area (Å²) in [6, 6.07) is 10.7. The van der Waals surface area contributed by atoms with Gasteiger partial charge < -0.3 is 20.7 Å². The van der Waals surface area contributed by atoms with Gasteiger partial charge in [-0.3, -0.25) is 0 Å². The second-order valence-corrected chi connectivity index (χ2v) is 6.26. The van der Waals surface area contributed by atoms with Crippen LogP contribution in [0.25, 0.3) is 0 Å². The molecule has 0 spiro atoms. The van der Waals surface area contributed by atoms with Gasteiger partial charge in [-0.15, -0.1) is 0 Å². The molecule has 2 atom stereocenters. The van der Waals surface area contributed by atoms with Crippen LogP contribution in [0.4, 0.5) is 4.79 Å². The molecule has 0 aliphatic rings. The number of carbonyl (C=O) groups excluding carboxylic acids is 1. The molecule has 130 valence electrons. The minimum Gasteiger partial charge on any atom is -0.383 e. The highest BCUT2D eigenvalue weighted by molar-refractivity contribution is 5.73. The van der Waals surface area contributed by atoms with Gasteiger partial charge >= 0.3 is 6.03 Å². The Labute approximate surface area is 140 Å². The molecule has 0 bridgehead atoms. The molecule has 0 unspecified atom stereocenters. The summed E-state index contributed by atoms with van der Waals surface area (Å²) in [7, 11) is 1.62. The molecule has 0 heterocycles. The fourth-order valence-corrected chi connectivity index (χ4v) is 2.52. The van der Waals surface area contributed by atoms with Crippen LogP contribution in [0, 0.1) is 5.92 Å². The Morgan fingerprint density at radius 3 is 2.43 bits per heavy atom. The standard InChI is InChI=1S/C18H31N3O2/c1-14(2)12-17(13-20-18(22)19-10-11-23-4)21-15(3)16-8-6-5-7-9-16/h5-9,14-15,17,21H,10-13H2,1-4H3,(H2,19,20,22)/t15-,17-/m1/s1. The molecule has 0 fully saturated rings. The Hall–Kier alpha value is -1.59. The molecule has 1 rings (SSSR count). The number of nitrogens with one attached hydrogen (secondary N) is 3. The lowest BCUT2D eigenvalue weighted by atomic mass is 10.0. The third kappa shape index (κ3) is 8.57. The average molecular weight is 321 g/mol. The van der Waals surface area contributed by atoms with Crippen LogP contribution < -0.4 is 16.0 Å². The molecule has 2 amide bonds. The molecule has 23 heavy (non-hydrogen) atoms. The summed E-state index contributed by atoms with van der Waals surface area (Å²) >= 11 is 0. The largest absolute Gasteiger partial charge is 0.383 e. The summed E-state index contributed by atoms with van der Waals surface area (Å²) in [5.41, 5.74) is 1.26. The fourth-order valence-electron chi connectivity index (χ4n) is 2.52. The molecule has 0 saturated carbocycles. The maximum absolute atomic E-state index is 11.8. The number of urea groups is 1. The molecule has 5 heteroatoms. The first-order valence-electron chi connectivity index (χ1n) is 8.34. The maximum Gasteiger partial charge on any atom is 0.314 e. The number of hydrogen-bond donors (Lipinski definition) is 3. The van der Waals surface area contributed by atoms with Crippen LogP contribution >= 0.6 is 0 Å². The summed E-state index contributed by atoms with van der Waals surface area (Å²) in [5, 5.41) is 9.33. The first-order chi connectivity index (χ1) is 11.0. The SMILES string of the molecule is COCCNC(=O)NC[C@@H](CC(C)C)N[C@H](C)c1ccccc1. The zero-order chi connectivity index (χ0) is 17.1. The highest BCUT2D eigenvalue weighted by Gasteiger charge is 2.15. The van der Waals surface area contributed by atoms with Gasteiger partial charge in [-0.2, -0.15) is 0 Å². The molecule has 3 N–H and O–H groups in total. The van der Waals surface area contributed by atoms with E-state index in [9.17, 15) is 4.79 Å². The van der Waals surface area contributed by atoms with Crippen LogP contribution in [-0.4, -0.2) is 38.9 Å². The predicted molar refractivity (Wildman–Crippen MR) is 94.5 cm³/mol. The molecule has 0 aliphatic carbocycles. The van der Waals surface area contributed by atoms with Crippen molar-refractivity contribution in [1.29, 1.82) is 0 Å². The summed E-state index contributed by atoms with van der Waals surface area (Å²) in [6.07, 6.45) is 1.01. The molecular formula is C18H31N3O2. The predicted octanol–water partition coefficient (Wildman–Crippen LogP) is 2.70. The number of methoxy groups -OCH3 is 1. The minimum atomic E-state index is -0.148. The van der Waals surface area contributed by atoms with Gasteiger partial charge in [-0.1, -0.05) is 44.2 Å². The van der Waals surface area contributed by atoms with E-state index < -0.39 is 0 Å². The first kappa shape index (κ1) is 19.5. The average Bonchev–Trinajstić information content (AvgIpc) is 2.53. The molecule has 0 saturated heterocycles. The van der Waals surface area contributed by atoms with Crippen molar-refractivity contribution >= 4 is 6.03 Å². The quantitative estimate of drug-likeness (QED) is 0.581. The van der Waals surface area contributed by atoms with E-state index in [4.69, 9.17) is 4.74 Å². The van der Waals surface area contributed by atoms with Crippen LogP contribution in [0.2, 0.25) is 0 Å². The maximum atomic E-state index is 11.8. The number of benzene rings is 1. The van der Waals surface area contributed by atoms with Crippen molar-refractivity contribution in [3.8, 4) is 0 Å². The van der Waals surface area contributed by atoms with Gasteiger partial charge in [0, 0.05) is 32.3 Å². The summed E-state index contributed by atoms with van der Waals surface area (Å²) < 4.78 is 4.92. The molecule has 0 aromatic heterocycles. The smallest absolute Gasteiger partial charge is 0.314 e. The van der Waals surface area contributed by atoms with Crippen molar-refractivity contribution in [1.82, 2.24) is 16.0 Å². The van der Waals surface area contributed by atoms with Crippen LogP contribution in [0.15, 0.2) is 30.3 Å². The van der Waals surface area contributed by atoms with Crippen molar-refractivity contribution in [2.75, 3.05) is 26.8 Å². The number of ether oxygens (including phenoxy) is 1. The van der Waals surface area contributed by atoms with E-state index in [1.54, 1.807) is 7.11 Å². The molecule has 5 nitrogen and oxygen atoms in total. The highest BCUT2D eigenvalue weighted by atomic mass is 16.5. The number of amides is 2. The second-order valence-electron chi connectivity index (χ2n) is 6.26. The Balaban J connectivity index is 2.47. The zero-order valence-corrected chi connectivity index (χ0v) is 14.8. The van der Waals surface area contributed by atoms with Crippen molar-refractivity contribution < 1.29 is 9.53 Å². The van der Waals surface area contributed by atoms with E-state index in [1.807, 2.05) is 18.2 Å². The summed E-state index contributed by atoms with van der Waals surface area (Å²) in [4.78, 5) is 11.8. The van der Waals surface area contributed by atoms with Gasteiger partial charge in [0.1, 0.15) is 0 Å². The van der Waals surface area contributed by atoms with Crippen molar-refractivity contribution in [2.45, 2.75) is 39.3 Å². The van der Waals surface area contributed by atoms with Gasteiger partial charge in [-0.05, 0) is 24.8 Å². The second kappa shape index (κ2) is 11.0. The summed E-state index contributed by atoms with van der Waals surface area (Å²) in [6.45, 7) is 8.19. The van der Waals surface area contributed by atoms with E-state index in [0.29, 0.717) is 25.6 Å². The Morgan fingerprint density at radius 1 is 1.13 bits per heavy atom. The summed E-state index contributed by atoms with van der Waals surface area (Å²) in [5.74, 6) is 0.564. The lowest BCUT2D eigenvalue weighted by Crippen LogP contribution is -2.46. The third-order valence-electron chi connectivity index (χ3n) is 3.64. The van der Waals surface area contributed by atoms with Crippen molar-refractivity contribution in [3.63, 3.8) is 0 Å². The number of carbonyl (C=O) groups is 1. The first-order valence-corrected chi connectivity index (χ1v) is 8.34. The van der Waals surface area contributed by atoms with Gasteiger partial charge in [0.05, 0.1) is 6.61 Å². The van der Waals surface area contributed by atoms with Gasteiger partial charge in [-0.25, -0.2) is 4.79 Å². The highest BCUT2D eigenvalue weighted by Crippen LogP contribution is 2.14. The van der Waals surface area contributed by atoms with Gasteiger partial charge in [0.25, 0.3) is 0 Å². The van der Waals surface area contributed by atoms with Crippen LogP contribution in [0.1, 0.15) is 38.8 Å². The van der Waals surface area contributed by atoms with Crippen LogP contribution in [0.3, 0.4) is 0 Å². The van der Waals surface area contributed by atoms with Crippen LogP contribution in [0.5, 0.6) is 0 Å². The van der Waals surface area contributed by atoms with E-state index >= 15 is 0 Å². The monoisotopic (exact) mass is 321 g/mol. The Morgan fingerprint density at radius 2 is 1.83 bits per heavy atom. The lowest BCUT2D eigenvalue weighted by molar-refractivity contribution is 0.195. The number of hydrogen-bond acceptors (Lipinski definition) is 3. The molecule has 1 aromatic carbocycles. The van der Waals surface area contributed by atoms with E-state index in [-0.39, 0.29) is 18.1 Å². The lowest BCUT2D eigenvalue weighted by Gasteiger charge is -2.25. The van der Waals surface area contributed by atoms with E-state index in [1.165, 1.54) is 5.56 Å². The molecular weight excluding hydrogens is 290 g/mol. The molecule has 0 radical (unpaired) electrons. The Kier molecular flexibility index (Phi) is 9.33. The van der Waals surface area contributed by atoms with Crippen molar-refractivity contribution in [2.24, 2.45) is 5.92 Å². The molecule has 0 aliphatic heterocycles. The normalized spacial score (nSPS) is 13.6. The zero-order valence-electron chi connectivity index (χ0n) is 14.8. The topological polar surface area (TPSA) is 62.4 Å². The van der Waals surface area contributed by atoms with Crippen LogP contribution in [-0.2, 0) is 4.74 Å². The minimum absolute atomic E-state index is 0.148. The Bertz CT molecular complexity index is 437.